The van der Waals surface area contributed by atoms with Crippen LogP contribution >= 0.6 is 0 Å². The Morgan fingerprint density at radius 3 is 1.79 bits per heavy atom. The zero-order chi connectivity index (χ0) is 34.2. The van der Waals surface area contributed by atoms with Gasteiger partial charge in [-0.05, 0) is 35.4 Å². The molecule has 0 spiro atoms. The quantitative estimate of drug-likeness (QED) is 0.189. The molecule has 0 saturated heterocycles. The van der Waals surface area contributed by atoms with Gasteiger partial charge in [-0.2, -0.15) is 0 Å². The molecular formula is C37H36O11. The van der Waals surface area contributed by atoms with E-state index in [0.29, 0.717) is 34.1 Å². The van der Waals surface area contributed by atoms with E-state index in [2.05, 4.69) is 0 Å². The molecule has 0 aromatic heterocycles. The van der Waals surface area contributed by atoms with Gasteiger partial charge >= 0.3 is 0 Å². The second-order valence-corrected chi connectivity index (χ2v) is 11.2. The van der Waals surface area contributed by atoms with Crippen molar-refractivity contribution in [1.82, 2.24) is 0 Å². The molecule has 0 amide bonds. The average Bonchev–Trinajstić information content (AvgIpc) is 3.41. The predicted molar refractivity (Wildman–Crippen MR) is 174 cm³/mol. The largest absolute Gasteiger partial charge is 0.497 e. The van der Waals surface area contributed by atoms with E-state index in [9.17, 15) is 9.59 Å². The summed E-state index contributed by atoms with van der Waals surface area (Å²) in [5, 5.41) is 0. The molecule has 2 aliphatic heterocycles. The number of Topliss-reactive ketones (excluding diaryl/α,β-unsaturated/α-hetero) is 2. The molecule has 3 atom stereocenters. The van der Waals surface area contributed by atoms with Crippen molar-refractivity contribution in [3.8, 4) is 46.0 Å². The van der Waals surface area contributed by atoms with Gasteiger partial charge in [-0.25, -0.2) is 0 Å². The van der Waals surface area contributed by atoms with E-state index in [-0.39, 0.29) is 46.3 Å². The van der Waals surface area contributed by atoms with Gasteiger partial charge in [0.2, 0.25) is 5.78 Å². The lowest BCUT2D eigenvalue weighted by Gasteiger charge is -2.35. The van der Waals surface area contributed by atoms with Gasteiger partial charge in [0.1, 0.15) is 63.2 Å². The van der Waals surface area contributed by atoms with Crippen LogP contribution in [0.2, 0.25) is 0 Å². The molecule has 6 rings (SSSR count). The summed E-state index contributed by atoms with van der Waals surface area (Å²) >= 11 is 0. The Morgan fingerprint density at radius 1 is 0.646 bits per heavy atom. The molecule has 4 aromatic carbocycles. The highest BCUT2D eigenvalue weighted by Gasteiger charge is 2.54. The van der Waals surface area contributed by atoms with Crippen LogP contribution < -0.4 is 37.9 Å². The molecule has 0 aliphatic carbocycles. The third kappa shape index (κ3) is 5.29. The van der Waals surface area contributed by atoms with Crippen molar-refractivity contribution in [2.24, 2.45) is 0 Å². The monoisotopic (exact) mass is 656 g/mol. The van der Waals surface area contributed by atoms with Gasteiger partial charge in [-0.1, -0.05) is 24.3 Å². The molecule has 11 heteroatoms. The van der Waals surface area contributed by atoms with Crippen LogP contribution in [0.5, 0.6) is 46.0 Å². The van der Waals surface area contributed by atoms with Crippen molar-refractivity contribution in [3.63, 3.8) is 0 Å². The Morgan fingerprint density at radius 2 is 1.23 bits per heavy atom. The minimum absolute atomic E-state index is 0.0650. The van der Waals surface area contributed by atoms with Crippen LogP contribution in [0.1, 0.15) is 49.4 Å². The van der Waals surface area contributed by atoms with Crippen molar-refractivity contribution in [2.45, 2.75) is 24.2 Å². The van der Waals surface area contributed by atoms with E-state index >= 15 is 0 Å². The van der Waals surface area contributed by atoms with Gasteiger partial charge in [0, 0.05) is 31.7 Å². The second kappa shape index (κ2) is 13.0. The highest BCUT2D eigenvalue weighted by atomic mass is 16.7. The molecule has 2 aliphatic rings. The number of methoxy groups -OCH3 is 7. The van der Waals surface area contributed by atoms with E-state index in [0.717, 1.165) is 5.56 Å². The van der Waals surface area contributed by atoms with Gasteiger partial charge in [0.25, 0.3) is 5.79 Å². The molecule has 250 valence electrons. The third-order valence-corrected chi connectivity index (χ3v) is 8.79. The van der Waals surface area contributed by atoms with E-state index in [1.165, 1.54) is 35.5 Å². The maximum atomic E-state index is 14.7. The molecule has 0 radical (unpaired) electrons. The lowest BCUT2D eigenvalue weighted by atomic mass is 9.79. The number of benzene rings is 4. The van der Waals surface area contributed by atoms with Gasteiger partial charge in [0.05, 0.1) is 54.1 Å². The molecule has 4 aromatic rings. The molecule has 3 unspecified atom stereocenters. The lowest BCUT2D eigenvalue weighted by Crippen LogP contribution is -2.44. The minimum atomic E-state index is -1.76. The van der Waals surface area contributed by atoms with Crippen molar-refractivity contribution in [2.75, 3.05) is 49.8 Å². The first-order valence-electron chi connectivity index (χ1n) is 15.1. The SMILES string of the molecule is COc1ccc(CC2(OC)Oc3c(c(OC)cc(OC)c3C3Oc4cc(OC)cc(OC)c4C(=O)C3c3ccc(OC)cc3)C2=O)cc1. The highest BCUT2D eigenvalue weighted by molar-refractivity contribution is 6.10. The zero-order valence-electron chi connectivity index (χ0n) is 27.7. The fourth-order valence-electron chi connectivity index (χ4n) is 6.33. The summed E-state index contributed by atoms with van der Waals surface area (Å²) in [5.74, 6) is -0.570. The number of carbonyl (C=O) groups is 2. The summed E-state index contributed by atoms with van der Waals surface area (Å²) in [5.41, 5.74) is 2.11. The minimum Gasteiger partial charge on any atom is -0.497 e. The number of ether oxygens (including phenoxy) is 9. The molecule has 48 heavy (non-hydrogen) atoms. The Hall–Kier alpha value is -5.42. The number of hydrogen-bond acceptors (Lipinski definition) is 11. The van der Waals surface area contributed by atoms with Crippen LogP contribution in [-0.4, -0.2) is 67.1 Å². The smallest absolute Gasteiger partial charge is 0.279 e. The van der Waals surface area contributed by atoms with Crippen molar-refractivity contribution in [3.05, 3.63) is 94.5 Å². The Kier molecular flexibility index (Phi) is 8.81. The van der Waals surface area contributed by atoms with E-state index in [1.807, 2.05) is 12.1 Å². The first-order valence-corrected chi connectivity index (χ1v) is 15.1. The van der Waals surface area contributed by atoms with Gasteiger partial charge in [0.15, 0.2) is 5.78 Å². The number of rotatable bonds is 11. The standard InChI is InChI=1S/C37H36O11/c1-40-22-12-8-20(9-13-22)19-37(46-7)36(39)32-27(45-6)18-26(44-5)31(35(32)48-37)34-29(21-10-14-23(41-2)15-11-21)33(38)30-25(43-4)16-24(42-3)17-28(30)47-34/h8-18,29,34H,19H2,1-7H3. The van der Waals surface area contributed by atoms with Crippen LogP contribution in [0.4, 0.5) is 0 Å². The van der Waals surface area contributed by atoms with Crippen molar-refractivity contribution < 1.29 is 52.2 Å². The molecule has 0 fully saturated rings. The number of carbonyl (C=O) groups excluding carboxylic acids is 2. The van der Waals surface area contributed by atoms with E-state index < -0.39 is 23.6 Å². The van der Waals surface area contributed by atoms with Crippen LogP contribution in [0, 0.1) is 0 Å². The van der Waals surface area contributed by atoms with Crippen molar-refractivity contribution in [1.29, 1.82) is 0 Å². The first kappa shape index (κ1) is 32.5. The summed E-state index contributed by atoms with van der Waals surface area (Å²) in [4.78, 5) is 29.1. The Balaban J connectivity index is 1.57. The van der Waals surface area contributed by atoms with Crippen LogP contribution in [0.15, 0.2) is 66.7 Å². The maximum Gasteiger partial charge on any atom is 0.279 e. The van der Waals surface area contributed by atoms with Crippen LogP contribution in [0.25, 0.3) is 0 Å². The molecular weight excluding hydrogens is 620 g/mol. The zero-order valence-corrected chi connectivity index (χ0v) is 27.7. The van der Waals surface area contributed by atoms with Gasteiger partial charge in [-0.15, -0.1) is 0 Å². The normalized spacial score (nSPS) is 19.4. The number of ketones is 2. The lowest BCUT2D eigenvalue weighted by molar-refractivity contribution is -0.118. The third-order valence-electron chi connectivity index (χ3n) is 8.79. The topological polar surface area (TPSA) is 117 Å². The van der Waals surface area contributed by atoms with Crippen LogP contribution in [-0.2, 0) is 11.2 Å². The van der Waals surface area contributed by atoms with Crippen LogP contribution in [0.3, 0.4) is 0 Å². The summed E-state index contributed by atoms with van der Waals surface area (Å²) in [6.45, 7) is 0. The Labute approximate surface area is 278 Å². The van der Waals surface area contributed by atoms with E-state index in [4.69, 9.17) is 42.6 Å². The van der Waals surface area contributed by atoms with E-state index in [1.54, 1.807) is 68.8 Å². The number of hydrogen-bond donors (Lipinski definition) is 0. The number of fused-ring (bicyclic) bond motifs is 2. The molecule has 2 heterocycles. The Bertz CT molecular complexity index is 1850. The summed E-state index contributed by atoms with van der Waals surface area (Å²) in [6, 6.07) is 19.2. The first-order chi connectivity index (χ1) is 23.3. The molecule has 0 saturated carbocycles. The molecule has 0 bridgehead atoms. The summed E-state index contributed by atoms with van der Waals surface area (Å²) in [7, 11) is 10.5. The van der Waals surface area contributed by atoms with Gasteiger partial charge < -0.3 is 42.6 Å². The second-order valence-electron chi connectivity index (χ2n) is 11.2. The molecule has 11 nitrogen and oxygen atoms in total. The summed E-state index contributed by atoms with van der Waals surface area (Å²) in [6.07, 6.45) is -0.985. The summed E-state index contributed by atoms with van der Waals surface area (Å²) < 4.78 is 52.6. The maximum absolute atomic E-state index is 14.7. The fourth-order valence-corrected chi connectivity index (χ4v) is 6.33. The fraction of sp³-hybridized carbons (Fsp3) is 0.297. The molecule has 0 N–H and O–H groups in total. The van der Waals surface area contributed by atoms with Gasteiger partial charge in [-0.3, -0.25) is 9.59 Å². The van der Waals surface area contributed by atoms with Crippen molar-refractivity contribution >= 4 is 11.6 Å². The highest BCUT2D eigenvalue weighted by Crippen LogP contribution is 2.56. The average molecular weight is 657 g/mol. The predicted octanol–water partition coefficient (Wildman–Crippen LogP) is 6.00.